The Morgan fingerprint density at radius 2 is 2.11 bits per heavy atom. The molecule has 0 amide bonds. The molecular formula is C15H22O3. The summed E-state index contributed by atoms with van der Waals surface area (Å²) in [5.74, 6) is 1.34. The number of aliphatic hydroxyl groups excluding tert-OH is 1. The standard InChI is InChI=1S/C15H22O3/c1-11-9-10-18-15(11)14(16)8-5-12-3-6-13(17-2)7-4-12/h3-4,6-7,11,14-16H,5,8-10H2,1-2H3. The van der Waals surface area contributed by atoms with Crippen molar-refractivity contribution in [2.45, 2.75) is 38.4 Å². The number of hydrogen-bond donors (Lipinski definition) is 1. The van der Waals surface area contributed by atoms with Crippen LogP contribution in [0, 0.1) is 5.92 Å². The molecule has 1 saturated heterocycles. The van der Waals surface area contributed by atoms with Crippen molar-refractivity contribution in [2.24, 2.45) is 5.92 Å². The van der Waals surface area contributed by atoms with Gasteiger partial charge in [0.15, 0.2) is 0 Å². The summed E-state index contributed by atoms with van der Waals surface area (Å²) in [4.78, 5) is 0. The molecule has 3 nitrogen and oxygen atoms in total. The highest BCUT2D eigenvalue weighted by Crippen LogP contribution is 2.25. The Kier molecular flexibility index (Phi) is 4.61. The lowest BCUT2D eigenvalue weighted by Crippen LogP contribution is -2.30. The van der Waals surface area contributed by atoms with Gasteiger partial charge in [-0.3, -0.25) is 0 Å². The van der Waals surface area contributed by atoms with E-state index in [1.165, 1.54) is 5.56 Å². The van der Waals surface area contributed by atoms with Crippen molar-refractivity contribution in [3.8, 4) is 5.75 Å². The van der Waals surface area contributed by atoms with Crippen molar-refractivity contribution in [1.82, 2.24) is 0 Å². The minimum atomic E-state index is -0.357. The summed E-state index contributed by atoms with van der Waals surface area (Å²) >= 11 is 0. The quantitative estimate of drug-likeness (QED) is 0.872. The Balaban J connectivity index is 1.83. The van der Waals surface area contributed by atoms with Crippen molar-refractivity contribution in [3.05, 3.63) is 29.8 Å². The van der Waals surface area contributed by atoms with Crippen LogP contribution in [0.2, 0.25) is 0 Å². The molecule has 0 bridgehead atoms. The Hall–Kier alpha value is -1.06. The molecular weight excluding hydrogens is 228 g/mol. The minimum Gasteiger partial charge on any atom is -0.497 e. The lowest BCUT2D eigenvalue weighted by atomic mass is 9.95. The number of benzene rings is 1. The second kappa shape index (κ2) is 6.21. The zero-order valence-corrected chi connectivity index (χ0v) is 11.1. The van der Waals surface area contributed by atoms with Crippen LogP contribution in [0.1, 0.15) is 25.3 Å². The molecule has 1 aliphatic heterocycles. The third-order valence-electron chi connectivity index (χ3n) is 3.71. The molecule has 3 atom stereocenters. The highest BCUT2D eigenvalue weighted by molar-refractivity contribution is 5.27. The summed E-state index contributed by atoms with van der Waals surface area (Å²) < 4.78 is 10.7. The first-order valence-electron chi connectivity index (χ1n) is 6.63. The van der Waals surface area contributed by atoms with Crippen LogP contribution in [-0.4, -0.2) is 31.0 Å². The molecule has 1 aromatic rings. The van der Waals surface area contributed by atoms with Gasteiger partial charge in [-0.1, -0.05) is 19.1 Å². The Morgan fingerprint density at radius 3 is 2.67 bits per heavy atom. The Bertz CT molecular complexity index is 361. The molecule has 1 heterocycles. The first kappa shape index (κ1) is 13.4. The minimum absolute atomic E-state index is 0.0169. The second-order valence-electron chi connectivity index (χ2n) is 5.06. The molecule has 3 heteroatoms. The van der Waals surface area contributed by atoms with E-state index in [-0.39, 0.29) is 12.2 Å². The van der Waals surface area contributed by atoms with Crippen molar-refractivity contribution in [3.63, 3.8) is 0 Å². The molecule has 3 unspecified atom stereocenters. The largest absolute Gasteiger partial charge is 0.497 e. The van der Waals surface area contributed by atoms with Crippen LogP contribution in [0.15, 0.2) is 24.3 Å². The van der Waals surface area contributed by atoms with Crippen LogP contribution in [0.5, 0.6) is 5.75 Å². The van der Waals surface area contributed by atoms with Gasteiger partial charge < -0.3 is 14.6 Å². The molecule has 1 aliphatic rings. The third kappa shape index (κ3) is 3.24. The Labute approximate surface area is 109 Å². The molecule has 100 valence electrons. The lowest BCUT2D eigenvalue weighted by Gasteiger charge is -2.21. The monoisotopic (exact) mass is 250 g/mol. The smallest absolute Gasteiger partial charge is 0.118 e. The van der Waals surface area contributed by atoms with E-state index in [0.717, 1.165) is 31.6 Å². The van der Waals surface area contributed by atoms with Gasteiger partial charge in [-0.05, 0) is 42.9 Å². The fourth-order valence-electron chi connectivity index (χ4n) is 2.48. The maximum Gasteiger partial charge on any atom is 0.118 e. The fourth-order valence-corrected chi connectivity index (χ4v) is 2.48. The molecule has 1 fully saturated rings. The molecule has 0 saturated carbocycles. The summed E-state index contributed by atoms with van der Waals surface area (Å²) in [5.41, 5.74) is 1.22. The fraction of sp³-hybridized carbons (Fsp3) is 0.600. The van der Waals surface area contributed by atoms with Crippen LogP contribution in [0.4, 0.5) is 0 Å². The SMILES string of the molecule is COc1ccc(CCC(O)C2OCCC2C)cc1. The van der Waals surface area contributed by atoms with Gasteiger partial charge in [0.2, 0.25) is 0 Å². The molecule has 0 aromatic heterocycles. The average molecular weight is 250 g/mol. The van der Waals surface area contributed by atoms with Crippen molar-refractivity contribution in [1.29, 1.82) is 0 Å². The lowest BCUT2D eigenvalue weighted by molar-refractivity contribution is -0.0197. The topological polar surface area (TPSA) is 38.7 Å². The number of aliphatic hydroxyl groups is 1. The van der Waals surface area contributed by atoms with E-state index in [1.54, 1.807) is 7.11 Å². The van der Waals surface area contributed by atoms with Gasteiger partial charge in [0.05, 0.1) is 19.3 Å². The van der Waals surface area contributed by atoms with Crippen LogP contribution in [0.3, 0.4) is 0 Å². The van der Waals surface area contributed by atoms with Crippen molar-refractivity contribution in [2.75, 3.05) is 13.7 Å². The molecule has 0 radical (unpaired) electrons. The highest BCUT2D eigenvalue weighted by Gasteiger charge is 2.30. The van der Waals surface area contributed by atoms with E-state index in [1.807, 2.05) is 24.3 Å². The van der Waals surface area contributed by atoms with Gasteiger partial charge in [0.25, 0.3) is 0 Å². The van der Waals surface area contributed by atoms with Gasteiger partial charge in [0.1, 0.15) is 5.75 Å². The van der Waals surface area contributed by atoms with Crippen molar-refractivity contribution >= 4 is 0 Å². The summed E-state index contributed by atoms with van der Waals surface area (Å²) in [6.07, 6.45) is 2.34. The van der Waals surface area contributed by atoms with Crippen molar-refractivity contribution < 1.29 is 14.6 Å². The van der Waals surface area contributed by atoms with E-state index in [9.17, 15) is 5.11 Å². The molecule has 0 spiro atoms. The third-order valence-corrected chi connectivity index (χ3v) is 3.71. The maximum absolute atomic E-state index is 10.1. The number of aryl methyl sites for hydroxylation is 1. The first-order valence-corrected chi connectivity index (χ1v) is 6.63. The van der Waals surface area contributed by atoms with E-state index >= 15 is 0 Å². The zero-order valence-electron chi connectivity index (χ0n) is 11.1. The van der Waals surface area contributed by atoms with E-state index in [4.69, 9.17) is 9.47 Å². The summed E-state index contributed by atoms with van der Waals surface area (Å²) in [5, 5.41) is 10.1. The zero-order chi connectivity index (χ0) is 13.0. The van der Waals surface area contributed by atoms with Gasteiger partial charge in [-0.15, -0.1) is 0 Å². The first-order chi connectivity index (χ1) is 8.70. The van der Waals surface area contributed by atoms with E-state index in [2.05, 4.69) is 6.92 Å². The highest BCUT2D eigenvalue weighted by atomic mass is 16.5. The number of hydrogen-bond acceptors (Lipinski definition) is 3. The number of rotatable bonds is 5. The van der Waals surface area contributed by atoms with E-state index < -0.39 is 0 Å². The molecule has 18 heavy (non-hydrogen) atoms. The van der Waals surface area contributed by atoms with Gasteiger partial charge in [0, 0.05) is 6.61 Å². The number of methoxy groups -OCH3 is 1. The van der Waals surface area contributed by atoms with Crippen LogP contribution in [0.25, 0.3) is 0 Å². The second-order valence-corrected chi connectivity index (χ2v) is 5.06. The molecule has 0 aliphatic carbocycles. The molecule has 1 aromatic carbocycles. The summed E-state index contributed by atoms with van der Waals surface area (Å²) in [7, 11) is 1.66. The van der Waals surface area contributed by atoms with Crippen LogP contribution >= 0.6 is 0 Å². The average Bonchev–Trinajstić information content (AvgIpc) is 2.83. The predicted molar refractivity (Wildman–Crippen MR) is 70.8 cm³/mol. The summed E-state index contributed by atoms with van der Waals surface area (Å²) in [6.45, 7) is 2.93. The predicted octanol–water partition coefficient (Wildman–Crippen LogP) is 2.41. The van der Waals surface area contributed by atoms with E-state index in [0.29, 0.717) is 5.92 Å². The Morgan fingerprint density at radius 1 is 1.39 bits per heavy atom. The molecule has 1 N–H and O–H groups in total. The van der Waals surface area contributed by atoms with Crippen LogP contribution < -0.4 is 4.74 Å². The van der Waals surface area contributed by atoms with Gasteiger partial charge in [-0.25, -0.2) is 0 Å². The number of ether oxygens (including phenoxy) is 2. The van der Waals surface area contributed by atoms with Gasteiger partial charge >= 0.3 is 0 Å². The normalized spacial score (nSPS) is 25.1. The summed E-state index contributed by atoms with van der Waals surface area (Å²) in [6, 6.07) is 8.00. The molecule has 2 rings (SSSR count). The van der Waals surface area contributed by atoms with Gasteiger partial charge in [-0.2, -0.15) is 0 Å². The van der Waals surface area contributed by atoms with Crippen LogP contribution in [-0.2, 0) is 11.2 Å². The maximum atomic E-state index is 10.1.